The van der Waals surface area contributed by atoms with Crippen molar-refractivity contribution in [3.05, 3.63) is 46.0 Å². The average molecular weight is 193 g/mol. The summed E-state index contributed by atoms with van der Waals surface area (Å²) in [6, 6.07) is 5.72. The van der Waals surface area contributed by atoms with Crippen LogP contribution in [0.2, 0.25) is 0 Å². The molecule has 0 amide bonds. The van der Waals surface area contributed by atoms with Gasteiger partial charge in [-0.3, -0.25) is 0 Å². The Morgan fingerprint density at radius 1 is 1.46 bits per heavy atom. The summed E-state index contributed by atoms with van der Waals surface area (Å²) in [5.74, 6) is 0.825. The van der Waals surface area contributed by atoms with Crippen LogP contribution in [0.15, 0.2) is 34.3 Å². The monoisotopic (exact) mass is 193 g/mol. The third kappa shape index (κ3) is 1.53. The molecule has 2 heterocycles. The van der Waals surface area contributed by atoms with Crippen LogP contribution in [0.5, 0.6) is 0 Å². The second kappa shape index (κ2) is 3.36. The summed E-state index contributed by atoms with van der Waals surface area (Å²) in [4.78, 5) is 1.18. The molecule has 0 saturated heterocycles. The number of hydrogen-bond donors (Lipinski definition) is 1. The maximum atomic E-state index is 6.02. The fraction of sp³-hybridized carbons (Fsp3) is 0.200. The minimum Gasteiger partial charge on any atom is -0.467 e. The first-order valence-corrected chi connectivity index (χ1v) is 5.00. The molecule has 0 saturated carbocycles. The highest BCUT2D eigenvalue weighted by Gasteiger charge is 2.14. The molecule has 0 fully saturated rings. The number of rotatable bonds is 2. The Morgan fingerprint density at radius 2 is 2.31 bits per heavy atom. The number of nitrogens with two attached hydrogens (primary N) is 1. The molecule has 0 bridgehead atoms. The molecule has 3 heteroatoms. The van der Waals surface area contributed by atoms with Gasteiger partial charge >= 0.3 is 0 Å². The van der Waals surface area contributed by atoms with Gasteiger partial charge in [0.15, 0.2) is 0 Å². The Labute approximate surface area is 81.0 Å². The quantitative estimate of drug-likeness (QED) is 0.796. The van der Waals surface area contributed by atoms with E-state index in [4.69, 9.17) is 10.2 Å². The first-order chi connectivity index (χ1) is 6.29. The van der Waals surface area contributed by atoms with Gasteiger partial charge in [-0.1, -0.05) is 0 Å². The van der Waals surface area contributed by atoms with E-state index in [9.17, 15) is 0 Å². The zero-order chi connectivity index (χ0) is 9.26. The van der Waals surface area contributed by atoms with Gasteiger partial charge in [-0.25, -0.2) is 0 Å². The van der Waals surface area contributed by atoms with E-state index in [0.29, 0.717) is 0 Å². The van der Waals surface area contributed by atoms with Crippen molar-refractivity contribution in [3.8, 4) is 0 Å². The van der Waals surface area contributed by atoms with Crippen molar-refractivity contribution in [3.63, 3.8) is 0 Å². The molecule has 68 valence electrons. The fourth-order valence-corrected chi connectivity index (χ4v) is 2.24. The third-order valence-corrected chi connectivity index (χ3v) is 3.14. The standard InChI is InChI=1S/C10H11NOS/c1-7-4-6-13-10(7)9(11)8-3-2-5-12-8/h2-6,9H,11H2,1H3. The minimum atomic E-state index is -0.116. The molecular weight excluding hydrogens is 182 g/mol. The van der Waals surface area contributed by atoms with Gasteiger partial charge in [0, 0.05) is 4.88 Å². The Hall–Kier alpha value is -1.06. The second-order valence-electron chi connectivity index (χ2n) is 2.96. The van der Waals surface area contributed by atoms with Crippen LogP contribution in [-0.2, 0) is 0 Å². The Morgan fingerprint density at radius 3 is 2.85 bits per heavy atom. The molecule has 2 aromatic rings. The van der Waals surface area contributed by atoms with Gasteiger partial charge in [0.2, 0.25) is 0 Å². The molecule has 2 nitrogen and oxygen atoms in total. The van der Waals surface area contributed by atoms with E-state index in [1.807, 2.05) is 17.5 Å². The summed E-state index contributed by atoms with van der Waals surface area (Å²) in [5.41, 5.74) is 7.25. The van der Waals surface area contributed by atoms with E-state index >= 15 is 0 Å². The fourth-order valence-electron chi connectivity index (χ4n) is 1.30. The number of aryl methyl sites for hydroxylation is 1. The number of furan rings is 1. The van der Waals surface area contributed by atoms with Crippen LogP contribution < -0.4 is 5.73 Å². The first kappa shape index (κ1) is 8.53. The molecule has 2 aromatic heterocycles. The Bertz CT molecular complexity index is 377. The van der Waals surface area contributed by atoms with Crippen LogP contribution >= 0.6 is 11.3 Å². The summed E-state index contributed by atoms with van der Waals surface area (Å²) >= 11 is 1.67. The van der Waals surface area contributed by atoms with Crippen molar-refractivity contribution >= 4 is 11.3 Å². The average Bonchev–Trinajstić information content (AvgIpc) is 2.72. The van der Waals surface area contributed by atoms with E-state index < -0.39 is 0 Å². The van der Waals surface area contributed by atoms with Gasteiger partial charge in [-0.2, -0.15) is 0 Å². The van der Waals surface area contributed by atoms with Crippen LogP contribution in [0.1, 0.15) is 22.2 Å². The molecule has 0 aliphatic heterocycles. The highest BCUT2D eigenvalue weighted by Crippen LogP contribution is 2.27. The molecular formula is C10H11NOS. The third-order valence-electron chi connectivity index (χ3n) is 2.03. The van der Waals surface area contributed by atoms with Crippen molar-refractivity contribution in [1.82, 2.24) is 0 Å². The van der Waals surface area contributed by atoms with Crippen molar-refractivity contribution < 1.29 is 4.42 Å². The van der Waals surface area contributed by atoms with Gasteiger partial charge in [0.05, 0.1) is 12.3 Å². The molecule has 2 N–H and O–H groups in total. The lowest BCUT2D eigenvalue weighted by molar-refractivity contribution is 0.491. The molecule has 0 radical (unpaired) electrons. The minimum absolute atomic E-state index is 0.116. The lowest BCUT2D eigenvalue weighted by Crippen LogP contribution is -2.09. The van der Waals surface area contributed by atoms with Crippen molar-refractivity contribution in [2.75, 3.05) is 0 Å². The van der Waals surface area contributed by atoms with Gasteiger partial charge in [0.25, 0.3) is 0 Å². The van der Waals surface area contributed by atoms with Crippen LogP contribution in [0.25, 0.3) is 0 Å². The van der Waals surface area contributed by atoms with Crippen LogP contribution in [-0.4, -0.2) is 0 Å². The van der Waals surface area contributed by atoms with Crippen molar-refractivity contribution in [1.29, 1.82) is 0 Å². The summed E-state index contributed by atoms with van der Waals surface area (Å²) < 4.78 is 5.26. The molecule has 0 spiro atoms. The molecule has 0 aliphatic carbocycles. The number of thiophene rings is 1. The van der Waals surface area contributed by atoms with Crippen LogP contribution in [0, 0.1) is 6.92 Å². The van der Waals surface area contributed by atoms with Gasteiger partial charge in [0.1, 0.15) is 5.76 Å². The Balaban J connectivity index is 2.33. The van der Waals surface area contributed by atoms with E-state index in [0.717, 1.165) is 5.76 Å². The highest BCUT2D eigenvalue weighted by molar-refractivity contribution is 7.10. The topological polar surface area (TPSA) is 39.2 Å². The molecule has 0 aromatic carbocycles. The SMILES string of the molecule is Cc1ccsc1C(N)c1ccco1. The lowest BCUT2D eigenvalue weighted by Gasteiger charge is -2.06. The second-order valence-corrected chi connectivity index (χ2v) is 3.91. The Kier molecular flexibility index (Phi) is 2.20. The molecule has 1 atom stereocenters. The number of hydrogen-bond acceptors (Lipinski definition) is 3. The largest absolute Gasteiger partial charge is 0.467 e. The maximum absolute atomic E-state index is 6.02. The predicted octanol–water partition coefficient (Wildman–Crippen LogP) is 2.70. The predicted molar refractivity (Wildman–Crippen MR) is 53.8 cm³/mol. The van der Waals surface area contributed by atoms with E-state index in [1.54, 1.807) is 17.6 Å². The normalized spacial score (nSPS) is 13.1. The summed E-state index contributed by atoms with van der Waals surface area (Å²) in [7, 11) is 0. The molecule has 13 heavy (non-hydrogen) atoms. The molecule has 1 unspecified atom stereocenters. The van der Waals surface area contributed by atoms with Gasteiger partial charge in [-0.05, 0) is 36.1 Å². The summed E-state index contributed by atoms with van der Waals surface area (Å²) in [5, 5.41) is 2.05. The van der Waals surface area contributed by atoms with Crippen molar-refractivity contribution in [2.24, 2.45) is 5.73 Å². The first-order valence-electron chi connectivity index (χ1n) is 4.12. The maximum Gasteiger partial charge on any atom is 0.125 e. The molecule has 0 aliphatic rings. The van der Waals surface area contributed by atoms with E-state index in [2.05, 4.69) is 13.0 Å². The zero-order valence-corrected chi connectivity index (χ0v) is 8.17. The van der Waals surface area contributed by atoms with Crippen LogP contribution in [0.4, 0.5) is 0 Å². The van der Waals surface area contributed by atoms with Crippen LogP contribution in [0.3, 0.4) is 0 Å². The van der Waals surface area contributed by atoms with Gasteiger partial charge < -0.3 is 10.2 Å². The smallest absolute Gasteiger partial charge is 0.125 e. The van der Waals surface area contributed by atoms with Gasteiger partial charge in [-0.15, -0.1) is 11.3 Å². The zero-order valence-electron chi connectivity index (χ0n) is 7.36. The van der Waals surface area contributed by atoms with E-state index in [1.165, 1.54) is 10.4 Å². The molecule has 2 rings (SSSR count). The lowest BCUT2D eigenvalue weighted by atomic mass is 10.1. The highest BCUT2D eigenvalue weighted by atomic mass is 32.1. The summed E-state index contributed by atoms with van der Waals surface area (Å²) in [6.07, 6.45) is 1.65. The summed E-state index contributed by atoms with van der Waals surface area (Å²) in [6.45, 7) is 2.06. The van der Waals surface area contributed by atoms with Crippen molar-refractivity contribution in [2.45, 2.75) is 13.0 Å². The van der Waals surface area contributed by atoms with E-state index in [-0.39, 0.29) is 6.04 Å².